The van der Waals surface area contributed by atoms with Gasteiger partial charge in [0.2, 0.25) is 0 Å². The third-order valence-corrected chi connectivity index (χ3v) is 4.28. The third kappa shape index (κ3) is 2.17. The Hall–Kier alpha value is -0.930. The number of aliphatic hydroxyl groups excluding tert-OH is 1. The van der Waals surface area contributed by atoms with Crippen molar-refractivity contribution in [2.24, 2.45) is 5.92 Å². The Morgan fingerprint density at radius 2 is 2.22 bits per heavy atom. The number of rotatable bonds is 3. The highest BCUT2D eigenvalue weighted by molar-refractivity contribution is 6.30. The van der Waals surface area contributed by atoms with Crippen LogP contribution in [0, 0.1) is 5.92 Å². The molecule has 1 aliphatic heterocycles. The summed E-state index contributed by atoms with van der Waals surface area (Å²) < 4.78 is 5.41. The number of methoxy groups -OCH3 is 1. The summed E-state index contributed by atoms with van der Waals surface area (Å²) in [4.78, 5) is 2.28. The molecule has 0 spiro atoms. The topological polar surface area (TPSA) is 32.7 Å². The molecular weight excluding hydrogens is 250 g/mol. The van der Waals surface area contributed by atoms with Crippen LogP contribution >= 0.6 is 11.6 Å². The molecule has 1 fully saturated rings. The van der Waals surface area contributed by atoms with E-state index in [0.717, 1.165) is 24.4 Å². The van der Waals surface area contributed by atoms with Crippen LogP contribution in [0.25, 0.3) is 0 Å². The Balaban J connectivity index is 2.40. The lowest BCUT2D eigenvalue weighted by atomic mass is 9.89. The summed E-state index contributed by atoms with van der Waals surface area (Å²) in [7, 11) is 1.67. The van der Waals surface area contributed by atoms with E-state index in [0.29, 0.717) is 5.02 Å². The van der Waals surface area contributed by atoms with Crippen molar-refractivity contribution in [2.45, 2.75) is 25.8 Å². The Labute approximate surface area is 113 Å². The van der Waals surface area contributed by atoms with E-state index in [9.17, 15) is 5.11 Å². The van der Waals surface area contributed by atoms with Crippen LogP contribution in [0.4, 0.5) is 5.69 Å². The summed E-state index contributed by atoms with van der Waals surface area (Å²) in [6.07, 6.45) is 0.985. The predicted octanol–water partition coefficient (Wildman–Crippen LogP) is 2.95. The highest BCUT2D eigenvalue weighted by atomic mass is 35.5. The van der Waals surface area contributed by atoms with Crippen LogP contribution in [-0.2, 0) is 0 Å². The fraction of sp³-hybridized carbons (Fsp3) is 0.571. The van der Waals surface area contributed by atoms with Crippen LogP contribution in [0.15, 0.2) is 18.2 Å². The molecule has 0 amide bonds. The zero-order chi connectivity index (χ0) is 13.3. The first-order valence-corrected chi connectivity index (χ1v) is 6.60. The van der Waals surface area contributed by atoms with E-state index in [4.69, 9.17) is 16.3 Å². The predicted molar refractivity (Wildman–Crippen MR) is 74.6 cm³/mol. The standard InChI is InChI=1S/C14H20ClNO2/c1-14(2)10(9-17)6-7-16(14)12-8-11(15)4-5-13(12)18-3/h4-5,8,10,17H,6-7,9H2,1-3H3. The molecule has 1 aliphatic rings. The van der Waals surface area contributed by atoms with Crippen molar-refractivity contribution in [1.29, 1.82) is 0 Å². The number of anilines is 1. The molecule has 0 saturated carbocycles. The molecule has 2 rings (SSSR count). The first-order valence-electron chi connectivity index (χ1n) is 6.22. The first-order chi connectivity index (χ1) is 8.50. The van der Waals surface area contributed by atoms with Crippen molar-refractivity contribution in [3.05, 3.63) is 23.2 Å². The molecule has 1 atom stereocenters. The molecule has 0 aliphatic carbocycles. The minimum Gasteiger partial charge on any atom is -0.495 e. The minimum absolute atomic E-state index is 0.0906. The molecule has 1 aromatic rings. The summed E-state index contributed by atoms with van der Waals surface area (Å²) in [5, 5.41) is 10.2. The van der Waals surface area contributed by atoms with Crippen molar-refractivity contribution in [2.75, 3.05) is 25.2 Å². The van der Waals surface area contributed by atoms with Crippen LogP contribution in [0.2, 0.25) is 5.02 Å². The largest absolute Gasteiger partial charge is 0.495 e. The maximum atomic E-state index is 9.46. The van der Waals surface area contributed by atoms with Gasteiger partial charge in [0.15, 0.2) is 0 Å². The minimum atomic E-state index is -0.0906. The highest BCUT2D eigenvalue weighted by Crippen LogP contribution is 2.42. The Kier molecular flexibility index (Phi) is 3.74. The number of aliphatic hydroxyl groups is 1. The number of hydrogen-bond acceptors (Lipinski definition) is 3. The van der Waals surface area contributed by atoms with Gasteiger partial charge < -0.3 is 14.7 Å². The van der Waals surface area contributed by atoms with Gasteiger partial charge in [-0.05, 0) is 38.5 Å². The SMILES string of the molecule is COc1ccc(Cl)cc1N1CCC(CO)C1(C)C. The highest BCUT2D eigenvalue weighted by Gasteiger charge is 2.41. The molecule has 100 valence electrons. The number of ether oxygens (including phenoxy) is 1. The summed E-state index contributed by atoms with van der Waals surface area (Å²) >= 11 is 6.08. The molecule has 1 heterocycles. The molecule has 0 aromatic heterocycles. The van der Waals surface area contributed by atoms with Gasteiger partial charge in [0.05, 0.1) is 12.8 Å². The van der Waals surface area contributed by atoms with Crippen LogP contribution < -0.4 is 9.64 Å². The van der Waals surface area contributed by atoms with Gasteiger partial charge in [-0.15, -0.1) is 0 Å². The second-order valence-corrected chi connectivity index (χ2v) is 5.73. The summed E-state index contributed by atoms with van der Waals surface area (Å²) in [6.45, 7) is 5.43. The smallest absolute Gasteiger partial charge is 0.142 e. The van der Waals surface area contributed by atoms with Gasteiger partial charge in [0.1, 0.15) is 5.75 Å². The molecule has 1 unspecified atom stereocenters. The fourth-order valence-electron chi connectivity index (χ4n) is 2.77. The van der Waals surface area contributed by atoms with E-state index in [1.165, 1.54) is 0 Å². The van der Waals surface area contributed by atoms with E-state index in [2.05, 4.69) is 18.7 Å². The van der Waals surface area contributed by atoms with Gasteiger partial charge in [-0.25, -0.2) is 0 Å². The molecular formula is C14H20ClNO2. The maximum absolute atomic E-state index is 9.46. The Morgan fingerprint density at radius 1 is 1.50 bits per heavy atom. The van der Waals surface area contributed by atoms with Crippen LogP contribution in [0.3, 0.4) is 0 Å². The normalized spacial score (nSPS) is 22.3. The van der Waals surface area contributed by atoms with E-state index in [-0.39, 0.29) is 18.1 Å². The number of hydrogen-bond donors (Lipinski definition) is 1. The maximum Gasteiger partial charge on any atom is 0.142 e. The molecule has 1 saturated heterocycles. The van der Waals surface area contributed by atoms with Gasteiger partial charge >= 0.3 is 0 Å². The van der Waals surface area contributed by atoms with Gasteiger partial charge in [-0.2, -0.15) is 0 Å². The van der Waals surface area contributed by atoms with E-state index >= 15 is 0 Å². The Morgan fingerprint density at radius 3 is 2.78 bits per heavy atom. The molecule has 4 heteroatoms. The molecule has 0 bridgehead atoms. The lowest BCUT2D eigenvalue weighted by Crippen LogP contribution is -2.43. The zero-order valence-electron chi connectivity index (χ0n) is 11.1. The van der Waals surface area contributed by atoms with Crippen molar-refractivity contribution in [3.63, 3.8) is 0 Å². The van der Waals surface area contributed by atoms with Gasteiger partial charge in [-0.1, -0.05) is 11.6 Å². The number of nitrogens with zero attached hydrogens (tertiary/aromatic N) is 1. The van der Waals surface area contributed by atoms with Crippen LogP contribution in [-0.4, -0.2) is 30.9 Å². The van der Waals surface area contributed by atoms with Gasteiger partial charge in [-0.3, -0.25) is 0 Å². The molecule has 3 nitrogen and oxygen atoms in total. The average molecular weight is 270 g/mol. The average Bonchev–Trinajstić information content (AvgIpc) is 2.63. The monoisotopic (exact) mass is 269 g/mol. The van der Waals surface area contributed by atoms with Crippen LogP contribution in [0.1, 0.15) is 20.3 Å². The quantitative estimate of drug-likeness (QED) is 0.916. The first kappa shape index (κ1) is 13.5. The van der Waals surface area contributed by atoms with Crippen molar-refractivity contribution in [1.82, 2.24) is 0 Å². The van der Waals surface area contributed by atoms with Crippen molar-refractivity contribution < 1.29 is 9.84 Å². The fourth-order valence-corrected chi connectivity index (χ4v) is 2.93. The number of halogens is 1. The van der Waals surface area contributed by atoms with Gasteiger partial charge in [0.25, 0.3) is 0 Å². The van der Waals surface area contributed by atoms with Crippen molar-refractivity contribution >= 4 is 17.3 Å². The summed E-state index contributed by atoms with van der Waals surface area (Å²) in [5.74, 6) is 1.10. The lowest BCUT2D eigenvalue weighted by molar-refractivity contribution is 0.189. The second-order valence-electron chi connectivity index (χ2n) is 5.29. The van der Waals surface area contributed by atoms with E-state index in [1.54, 1.807) is 7.11 Å². The van der Waals surface area contributed by atoms with Crippen LogP contribution in [0.5, 0.6) is 5.75 Å². The molecule has 18 heavy (non-hydrogen) atoms. The van der Waals surface area contributed by atoms with Gasteiger partial charge in [0, 0.05) is 29.6 Å². The zero-order valence-corrected chi connectivity index (χ0v) is 11.9. The second kappa shape index (κ2) is 4.98. The summed E-state index contributed by atoms with van der Waals surface area (Å²) in [6, 6.07) is 5.65. The van der Waals surface area contributed by atoms with Crippen molar-refractivity contribution in [3.8, 4) is 5.75 Å². The molecule has 0 radical (unpaired) electrons. The molecule has 1 N–H and O–H groups in total. The van der Waals surface area contributed by atoms with E-state index < -0.39 is 0 Å². The van der Waals surface area contributed by atoms with E-state index in [1.807, 2.05) is 18.2 Å². The summed E-state index contributed by atoms with van der Waals surface area (Å²) in [5.41, 5.74) is 0.915. The molecule has 1 aromatic carbocycles. The Bertz CT molecular complexity index is 434. The third-order valence-electron chi connectivity index (χ3n) is 4.05. The number of benzene rings is 1. The lowest BCUT2D eigenvalue weighted by Gasteiger charge is -2.37.